The molecule has 1 nitrogen and oxygen atoms in total. The van der Waals surface area contributed by atoms with Gasteiger partial charge in [-0.05, 0) is 67.3 Å². The normalized spacial score (nSPS) is 17.2. The Morgan fingerprint density at radius 1 is 1.25 bits per heavy atom. The van der Waals surface area contributed by atoms with Gasteiger partial charge in [0.2, 0.25) is 0 Å². The smallest absolute Gasteiger partial charge is 0.00462 e. The summed E-state index contributed by atoms with van der Waals surface area (Å²) in [5.41, 5.74) is 5.70. The lowest BCUT2D eigenvalue weighted by atomic mass is 9.81. The molecule has 1 fully saturated rings. The molecule has 0 atom stereocenters. The van der Waals surface area contributed by atoms with Crippen LogP contribution in [0.15, 0.2) is 24.8 Å². The molecule has 1 saturated heterocycles. The number of hydrogen-bond donors (Lipinski definition) is 1. The first-order chi connectivity index (χ1) is 9.38. The van der Waals surface area contributed by atoms with Crippen LogP contribution in [0.5, 0.6) is 0 Å². The van der Waals surface area contributed by atoms with Gasteiger partial charge in [-0.25, -0.2) is 0 Å². The fourth-order valence-electron chi connectivity index (χ4n) is 3.04. The molecule has 0 saturated carbocycles. The lowest BCUT2D eigenvalue weighted by Crippen LogP contribution is -2.28. The maximum absolute atomic E-state index is 4.16. The Kier molecular flexibility index (Phi) is 4.70. The minimum atomic E-state index is 0.219. The van der Waals surface area contributed by atoms with E-state index in [0.717, 1.165) is 5.92 Å². The number of benzene rings is 1. The monoisotopic (exact) mass is 271 g/mol. The number of hydrogen-bond acceptors (Lipinski definition) is 1. The molecule has 0 spiro atoms. The maximum atomic E-state index is 4.16. The first-order valence-electron chi connectivity index (χ1n) is 7.88. The molecule has 0 amide bonds. The average molecular weight is 271 g/mol. The SMILES string of the molecule is C=C(C)c1ccc(C(C)(C)C)cc1CC1CCNCC1. The van der Waals surface area contributed by atoms with Crippen molar-refractivity contribution in [2.45, 2.75) is 52.4 Å². The van der Waals surface area contributed by atoms with E-state index in [1.54, 1.807) is 0 Å². The highest BCUT2D eigenvalue weighted by Crippen LogP contribution is 2.29. The third kappa shape index (κ3) is 3.73. The molecule has 1 aliphatic heterocycles. The van der Waals surface area contributed by atoms with E-state index in [0.29, 0.717) is 0 Å². The van der Waals surface area contributed by atoms with E-state index in [2.05, 4.69) is 57.8 Å². The van der Waals surface area contributed by atoms with Gasteiger partial charge in [0.15, 0.2) is 0 Å². The number of rotatable bonds is 3. The third-order valence-electron chi connectivity index (χ3n) is 4.40. The minimum Gasteiger partial charge on any atom is -0.317 e. The van der Waals surface area contributed by atoms with Crippen molar-refractivity contribution in [3.8, 4) is 0 Å². The second-order valence-corrected chi connectivity index (χ2v) is 7.30. The van der Waals surface area contributed by atoms with Crippen LogP contribution in [0.3, 0.4) is 0 Å². The van der Waals surface area contributed by atoms with E-state index in [1.165, 1.54) is 54.6 Å². The van der Waals surface area contributed by atoms with Gasteiger partial charge < -0.3 is 5.32 Å². The molecule has 1 heteroatoms. The standard InChI is InChI=1S/C19H29N/c1-14(2)18-7-6-17(19(3,4)5)13-16(18)12-15-8-10-20-11-9-15/h6-7,13,15,20H,1,8-12H2,2-5H3. The first-order valence-corrected chi connectivity index (χ1v) is 7.88. The van der Waals surface area contributed by atoms with Gasteiger partial charge in [-0.3, -0.25) is 0 Å². The molecule has 1 heterocycles. The zero-order chi connectivity index (χ0) is 14.8. The topological polar surface area (TPSA) is 12.0 Å². The lowest BCUT2D eigenvalue weighted by molar-refractivity contribution is 0.372. The van der Waals surface area contributed by atoms with Gasteiger partial charge in [-0.15, -0.1) is 0 Å². The molecular weight excluding hydrogens is 242 g/mol. The van der Waals surface area contributed by atoms with Crippen LogP contribution in [0, 0.1) is 5.92 Å². The molecule has 1 aliphatic rings. The third-order valence-corrected chi connectivity index (χ3v) is 4.40. The lowest BCUT2D eigenvalue weighted by Gasteiger charge is -2.26. The second-order valence-electron chi connectivity index (χ2n) is 7.30. The van der Waals surface area contributed by atoms with E-state index in [9.17, 15) is 0 Å². The largest absolute Gasteiger partial charge is 0.317 e. The second kappa shape index (κ2) is 6.13. The summed E-state index contributed by atoms with van der Waals surface area (Å²) in [4.78, 5) is 0. The quantitative estimate of drug-likeness (QED) is 0.850. The Bertz CT molecular complexity index is 473. The summed E-state index contributed by atoms with van der Waals surface area (Å²) in [6.07, 6.45) is 3.80. The predicted octanol–water partition coefficient (Wildman–Crippen LogP) is 4.56. The van der Waals surface area contributed by atoms with Gasteiger partial charge >= 0.3 is 0 Å². The summed E-state index contributed by atoms with van der Waals surface area (Å²) in [5.74, 6) is 0.824. The molecule has 0 aliphatic carbocycles. The molecule has 0 bridgehead atoms. The van der Waals surface area contributed by atoms with Gasteiger partial charge in [-0.2, -0.15) is 0 Å². The Balaban J connectivity index is 2.29. The Morgan fingerprint density at radius 2 is 1.90 bits per heavy atom. The molecule has 1 aromatic rings. The summed E-state index contributed by atoms with van der Waals surface area (Å²) < 4.78 is 0. The summed E-state index contributed by atoms with van der Waals surface area (Å²) in [6.45, 7) is 15.5. The molecule has 0 unspecified atom stereocenters. The number of piperidine rings is 1. The zero-order valence-electron chi connectivity index (χ0n) is 13.6. The van der Waals surface area contributed by atoms with Gasteiger partial charge in [0.05, 0.1) is 0 Å². The highest BCUT2D eigenvalue weighted by Gasteiger charge is 2.19. The maximum Gasteiger partial charge on any atom is -0.00462 e. The first kappa shape index (κ1) is 15.3. The molecular formula is C19H29N. The average Bonchev–Trinajstić information content (AvgIpc) is 2.38. The van der Waals surface area contributed by atoms with E-state index in [1.807, 2.05) is 0 Å². The van der Waals surface area contributed by atoms with Crippen LogP contribution in [-0.4, -0.2) is 13.1 Å². The fourth-order valence-corrected chi connectivity index (χ4v) is 3.04. The Morgan fingerprint density at radius 3 is 2.45 bits per heavy atom. The highest BCUT2D eigenvalue weighted by atomic mass is 14.9. The van der Waals surface area contributed by atoms with Crippen LogP contribution in [-0.2, 0) is 11.8 Å². The van der Waals surface area contributed by atoms with Crippen molar-refractivity contribution in [2.24, 2.45) is 5.92 Å². The molecule has 110 valence electrons. The highest BCUT2D eigenvalue weighted by molar-refractivity contribution is 5.65. The van der Waals surface area contributed by atoms with Crippen molar-refractivity contribution in [1.82, 2.24) is 5.32 Å². The van der Waals surface area contributed by atoms with Crippen molar-refractivity contribution >= 4 is 5.57 Å². The zero-order valence-corrected chi connectivity index (χ0v) is 13.6. The number of allylic oxidation sites excluding steroid dienone is 1. The van der Waals surface area contributed by atoms with E-state index < -0.39 is 0 Å². The summed E-state index contributed by atoms with van der Waals surface area (Å²) >= 11 is 0. The van der Waals surface area contributed by atoms with Gasteiger partial charge in [-0.1, -0.05) is 51.1 Å². The van der Waals surface area contributed by atoms with Crippen LogP contribution in [0.25, 0.3) is 5.57 Å². The van der Waals surface area contributed by atoms with Crippen molar-refractivity contribution in [2.75, 3.05) is 13.1 Å². The van der Waals surface area contributed by atoms with E-state index in [4.69, 9.17) is 0 Å². The van der Waals surface area contributed by atoms with Crippen molar-refractivity contribution < 1.29 is 0 Å². The van der Waals surface area contributed by atoms with Gasteiger partial charge in [0, 0.05) is 0 Å². The predicted molar refractivity (Wildman–Crippen MR) is 89.1 cm³/mol. The fraction of sp³-hybridized carbons (Fsp3) is 0.579. The van der Waals surface area contributed by atoms with Crippen LogP contribution in [0.1, 0.15) is 57.2 Å². The van der Waals surface area contributed by atoms with Crippen molar-refractivity contribution in [3.05, 3.63) is 41.5 Å². The van der Waals surface area contributed by atoms with Gasteiger partial charge in [0.1, 0.15) is 0 Å². The van der Waals surface area contributed by atoms with Crippen LogP contribution in [0.2, 0.25) is 0 Å². The Labute approximate surface area is 124 Å². The van der Waals surface area contributed by atoms with Crippen LogP contribution >= 0.6 is 0 Å². The van der Waals surface area contributed by atoms with Crippen molar-refractivity contribution in [3.63, 3.8) is 0 Å². The Hall–Kier alpha value is -1.08. The van der Waals surface area contributed by atoms with E-state index in [-0.39, 0.29) is 5.41 Å². The summed E-state index contributed by atoms with van der Waals surface area (Å²) in [7, 11) is 0. The molecule has 2 rings (SSSR count). The minimum absolute atomic E-state index is 0.219. The van der Waals surface area contributed by atoms with Gasteiger partial charge in [0.25, 0.3) is 0 Å². The summed E-state index contributed by atoms with van der Waals surface area (Å²) in [6, 6.07) is 6.97. The van der Waals surface area contributed by atoms with Crippen molar-refractivity contribution in [1.29, 1.82) is 0 Å². The number of nitrogens with one attached hydrogen (secondary N) is 1. The molecule has 1 aromatic carbocycles. The molecule has 20 heavy (non-hydrogen) atoms. The summed E-state index contributed by atoms with van der Waals surface area (Å²) in [5, 5.41) is 3.46. The van der Waals surface area contributed by atoms with Crippen LogP contribution < -0.4 is 5.32 Å². The van der Waals surface area contributed by atoms with E-state index >= 15 is 0 Å². The molecule has 0 radical (unpaired) electrons. The molecule has 0 aromatic heterocycles. The van der Waals surface area contributed by atoms with Crippen LogP contribution in [0.4, 0.5) is 0 Å². The molecule has 1 N–H and O–H groups in total.